The molecule has 0 unspecified atom stereocenters. The molecule has 1 saturated heterocycles. The first-order valence-electron chi connectivity index (χ1n) is 8.40. The monoisotopic (exact) mass is 342 g/mol. The summed E-state index contributed by atoms with van der Waals surface area (Å²) >= 11 is 1.11. The van der Waals surface area contributed by atoms with Crippen molar-refractivity contribution in [2.24, 2.45) is 0 Å². The Morgan fingerprint density at radius 2 is 1.83 bits per heavy atom. The molecule has 0 bridgehead atoms. The van der Waals surface area contributed by atoms with Gasteiger partial charge < -0.3 is 5.32 Å². The van der Waals surface area contributed by atoms with E-state index in [0.717, 1.165) is 44.1 Å². The van der Waals surface area contributed by atoms with Crippen LogP contribution in [0.15, 0.2) is 42.5 Å². The summed E-state index contributed by atoms with van der Waals surface area (Å²) in [7, 11) is 0. The van der Waals surface area contributed by atoms with Gasteiger partial charge in [-0.15, -0.1) is 0 Å². The van der Waals surface area contributed by atoms with Crippen LogP contribution in [-0.4, -0.2) is 41.4 Å². The summed E-state index contributed by atoms with van der Waals surface area (Å²) in [6.45, 7) is 2.40. The van der Waals surface area contributed by atoms with E-state index in [1.165, 1.54) is 21.2 Å². The molecule has 5 heteroatoms. The van der Waals surface area contributed by atoms with Crippen LogP contribution in [-0.2, 0) is 11.2 Å². The van der Waals surface area contributed by atoms with E-state index in [4.69, 9.17) is 0 Å². The van der Waals surface area contributed by atoms with Gasteiger partial charge in [-0.25, -0.2) is 0 Å². The van der Waals surface area contributed by atoms with Crippen LogP contribution in [0.25, 0.3) is 10.8 Å². The number of nitrogens with zero attached hydrogens (tertiary/aromatic N) is 1. The van der Waals surface area contributed by atoms with Crippen LogP contribution in [0.3, 0.4) is 0 Å². The van der Waals surface area contributed by atoms with Crippen molar-refractivity contribution in [1.82, 2.24) is 10.2 Å². The van der Waals surface area contributed by atoms with Gasteiger partial charge in [-0.05, 0) is 48.7 Å². The van der Waals surface area contributed by atoms with Crippen molar-refractivity contribution >= 4 is 33.7 Å². The molecule has 1 N–H and O–H groups in total. The molecule has 4 nitrogen and oxygen atoms in total. The molecule has 2 aromatic rings. The Morgan fingerprint density at radius 1 is 1.00 bits per heavy atom. The Morgan fingerprint density at radius 3 is 2.67 bits per heavy atom. The number of fused-ring (bicyclic) bond motifs is 1. The first-order chi connectivity index (χ1) is 11.8. The lowest BCUT2D eigenvalue weighted by molar-refractivity contribution is -0.124. The summed E-state index contributed by atoms with van der Waals surface area (Å²) in [6.07, 6.45) is 2.83. The summed E-state index contributed by atoms with van der Waals surface area (Å²) in [5, 5.41) is 5.97. The zero-order valence-electron chi connectivity index (χ0n) is 13.7. The molecule has 2 aromatic carbocycles. The third kappa shape index (κ3) is 4.16. The molecular weight excluding hydrogens is 320 g/mol. The number of imide groups is 1. The molecule has 126 valence electrons. The Balaban J connectivity index is 1.35. The Kier molecular flexibility index (Phi) is 5.88. The first-order valence-corrected chi connectivity index (χ1v) is 9.39. The highest BCUT2D eigenvalue weighted by Crippen LogP contribution is 2.19. The van der Waals surface area contributed by atoms with Crippen molar-refractivity contribution in [2.75, 3.05) is 25.4 Å². The first kappa shape index (κ1) is 17.0. The smallest absolute Gasteiger partial charge is 0.288 e. The van der Waals surface area contributed by atoms with Crippen LogP contribution in [0.1, 0.15) is 18.4 Å². The van der Waals surface area contributed by atoms with Gasteiger partial charge in [0.25, 0.3) is 5.24 Å². The lowest BCUT2D eigenvalue weighted by atomic mass is 10.0. The number of amides is 2. The molecule has 0 aromatic heterocycles. The lowest BCUT2D eigenvalue weighted by Gasteiger charge is -2.12. The van der Waals surface area contributed by atoms with Gasteiger partial charge in [0.2, 0.25) is 5.91 Å². The maximum absolute atomic E-state index is 11.5. The molecule has 0 spiro atoms. The van der Waals surface area contributed by atoms with Crippen LogP contribution < -0.4 is 5.32 Å². The quantitative estimate of drug-likeness (QED) is 0.747. The van der Waals surface area contributed by atoms with Crippen LogP contribution in [0.5, 0.6) is 0 Å². The molecule has 1 fully saturated rings. The summed E-state index contributed by atoms with van der Waals surface area (Å²) < 4.78 is 0. The van der Waals surface area contributed by atoms with Crippen LogP contribution >= 0.6 is 11.8 Å². The molecule has 24 heavy (non-hydrogen) atoms. The minimum atomic E-state index is -0.0936. The molecule has 0 aliphatic carbocycles. The molecule has 0 radical (unpaired) electrons. The Bertz CT molecular complexity index is 711. The van der Waals surface area contributed by atoms with Crippen LogP contribution in [0.4, 0.5) is 4.79 Å². The number of hydrogen-bond acceptors (Lipinski definition) is 4. The predicted octanol–water partition coefficient (Wildman–Crippen LogP) is 3.45. The Labute approximate surface area is 146 Å². The number of nitrogens with one attached hydrogen (secondary N) is 1. The second kappa shape index (κ2) is 8.31. The van der Waals surface area contributed by atoms with Gasteiger partial charge in [-0.2, -0.15) is 0 Å². The molecule has 1 heterocycles. The molecule has 1 aliphatic rings. The third-order valence-electron chi connectivity index (χ3n) is 4.28. The van der Waals surface area contributed by atoms with Gasteiger partial charge in [-0.1, -0.05) is 54.2 Å². The van der Waals surface area contributed by atoms with Crippen molar-refractivity contribution in [3.05, 3.63) is 48.0 Å². The van der Waals surface area contributed by atoms with Crippen molar-refractivity contribution < 1.29 is 9.59 Å². The zero-order chi connectivity index (χ0) is 16.8. The fourth-order valence-corrected chi connectivity index (χ4v) is 3.73. The molecule has 3 rings (SSSR count). The maximum Gasteiger partial charge on any atom is 0.288 e. The van der Waals surface area contributed by atoms with E-state index >= 15 is 0 Å². The van der Waals surface area contributed by atoms with Gasteiger partial charge in [0, 0.05) is 6.54 Å². The van der Waals surface area contributed by atoms with E-state index in [1.54, 1.807) is 0 Å². The number of thioether (sulfide) groups is 1. The number of hydrogen-bond donors (Lipinski definition) is 1. The molecule has 0 atom stereocenters. The second-order valence-electron chi connectivity index (χ2n) is 5.95. The summed E-state index contributed by atoms with van der Waals surface area (Å²) in [5.41, 5.74) is 1.37. The highest BCUT2D eigenvalue weighted by atomic mass is 32.2. The predicted molar refractivity (Wildman–Crippen MR) is 99.3 cm³/mol. The number of rotatable bonds is 8. The van der Waals surface area contributed by atoms with Gasteiger partial charge in [0.1, 0.15) is 0 Å². The maximum atomic E-state index is 11.5. The topological polar surface area (TPSA) is 49.4 Å². The molecular formula is C19H22N2O2S. The second-order valence-corrected chi connectivity index (χ2v) is 6.87. The van der Waals surface area contributed by atoms with Crippen LogP contribution in [0, 0.1) is 0 Å². The standard InChI is InChI=1S/C19H22N2O2S/c22-18-14-24-19(23)21(18)13-4-3-11-20-12-10-16-8-5-7-15-6-1-2-9-17(15)16/h1-2,5-9,20H,3-4,10-14H2. The normalized spacial score (nSPS) is 14.8. The average molecular weight is 342 g/mol. The third-order valence-corrected chi connectivity index (χ3v) is 5.14. The van der Waals surface area contributed by atoms with Gasteiger partial charge in [-0.3, -0.25) is 14.5 Å². The highest BCUT2D eigenvalue weighted by molar-refractivity contribution is 8.14. The highest BCUT2D eigenvalue weighted by Gasteiger charge is 2.28. The lowest BCUT2D eigenvalue weighted by Crippen LogP contribution is -2.30. The van der Waals surface area contributed by atoms with Gasteiger partial charge in [0.05, 0.1) is 5.75 Å². The molecule has 0 saturated carbocycles. The molecule has 2 amide bonds. The van der Waals surface area contributed by atoms with E-state index < -0.39 is 0 Å². The number of carbonyl (C=O) groups excluding carboxylic acids is 2. The number of benzene rings is 2. The van der Waals surface area contributed by atoms with Gasteiger partial charge in [0.15, 0.2) is 0 Å². The van der Waals surface area contributed by atoms with E-state index in [9.17, 15) is 9.59 Å². The average Bonchev–Trinajstić information content (AvgIpc) is 2.92. The van der Waals surface area contributed by atoms with Crippen molar-refractivity contribution in [1.29, 1.82) is 0 Å². The van der Waals surface area contributed by atoms with E-state index in [2.05, 4.69) is 47.8 Å². The van der Waals surface area contributed by atoms with Crippen molar-refractivity contribution in [3.8, 4) is 0 Å². The fourth-order valence-electron chi connectivity index (χ4n) is 2.98. The van der Waals surface area contributed by atoms with Crippen molar-refractivity contribution in [2.45, 2.75) is 19.3 Å². The number of unbranched alkanes of at least 4 members (excludes halogenated alkanes) is 1. The number of carbonyl (C=O) groups is 2. The fraction of sp³-hybridized carbons (Fsp3) is 0.368. The van der Waals surface area contributed by atoms with Gasteiger partial charge >= 0.3 is 0 Å². The zero-order valence-corrected chi connectivity index (χ0v) is 14.5. The Hall–Kier alpha value is -1.85. The summed E-state index contributed by atoms with van der Waals surface area (Å²) in [4.78, 5) is 24.3. The van der Waals surface area contributed by atoms with E-state index in [-0.39, 0.29) is 11.1 Å². The van der Waals surface area contributed by atoms with E-state index in [1.807, 2.05) is 0 Å². The minimum absolute atomic E-state index is 0.0473. The largest absolute Gasteiger partial charge is 0.316 e. The molecule has 1 aliphatic heterocycles. The van der Waals surface area contributed by atoms with E-state index in [0.29, 0.717) is 12.3 Å². The summed E-state index contributed by atoms with van der Waals surface area (Å²) in [5.74, 6) is 0.260. The van der Waals surface area contributed by atoms with Crippen LogP contribution in [0.2, 0.25) is 0 Å². The SMILES string of the molecule is O=C1CSC(=O)N1CCCCNCCc1cccc2ccccc12. The van der Waals surface area contributed by atoms with Crippen molar-refractivity contribution in [3.63, 3.8) is 0 Å². The summed E-state index contributed by atoms with van der Waals surface area (Å²) in [6, 6.07) is 14.9. The minimum Gasteiger partial charge on any atom is -0.316 e.